The predicted molar refractivity (Wildman–Crippen MR) is 96.1 cm³/mol. The summed E-state index contributed by atoms with van der Waals surface area (Å²) in [5.74, 6) is -0.220. The van der Waals surface area contributed by atoms with Crippen LogP contribution in [0.2, 0.25) is 0 Å². The molecule has 140 valence electrons. The second kappa shape index (κ2) is 7.88. The number of rotatable bonds is 7. The Morgan fingerprint density at radius 2 is 2.04 bits per heavy atom. The standard InChI is InChI=1S/C19H25N3O4/c1-3-22-10-15(13(2)20-22)9-21-11-17(23)18(12-21)26-16-6-4-14(5-7-16)8-19(24)25/h4-7,10,17-18,23H,3,8-9,11-12H2,1-2H3,(H,24,25)/t17-,18-/m1/s1. The molecular weight excluding hydrogens is 334 g/mol. The molecule has 0 saturated carbocycles. The first-order valence-corrected chi connectivity index (χ1v) is 8.85. The average Bonchev–Trinajstić information content (AvgIpc) is 3.12. The molecule has 1 aromatic carbocycles. The van der Waals surface area contributed by atoms with Crippen LogP contribution in [0.4, 0.5) is 0 Å². The summed E-state index contributed by atoms with van der Waals surface area (Å²) < 4.78 is 7.83. The van der Waals surface area contributed by atoms with Crippen molar-refractivity contribution in [3.05, 3.63) is 47.3 Å². The second-order valence-corrected chi connectivity index (χ2v) is 6.73. The number of carboxylic acid groups (broad SMARTS) is 1. The number of hydrogen-bond donors (Lipinski definition) is 2. The molecule has 0 unspecified atom stereocenters. The van der Waals surface area contributed by atoms with Crippen molar-refractivity contribution in [3.63, 3.8) is 0 Å². The molecule has 1 aromatic heterocycles. The van der Waals surface area contributed by atoms with Gasteiger partial charge in [0, 0.05) is 37.9 Å². The zero-order valence-corrected chi connectivity index (χ0v) is 15.1. The third-order valence-electron chi connectivity index (χ3n) is 4.64. The quantitative estimate of drug-likeness (QED) is 0.778. The van der Waals surface area contributed by atoms with Gasteiger partial charge in [-0.2, -0.15) is 5.10 Å². The van der Waals surface area contributed by atoms with E-state index in [0.717, 1.165) is 29.9 Å². The highest BCUT2D eigenvalue weighted by atomic mass is 16.5. The summed E-state index contributed by atoms with van der Waals surface area (Å²) in [7, 11) is 0. The highest BCUT2D eigenvalue weighted by Gasteiger charge is 2.33. The summed E-state index contributed by atoms with van der Waals surface area (Å²) in [6.07, 6.45) is 1.18. The normalized spacial score (nSPS) is 20.4. The fraction of sp³-hybridized carbons (Fsp3) is 0.474. The molecule has 7 heteroatoms. The maximum atomic E-state index is 10.7. The molecule has 1 saturated heterocycles. The minimum absolute atomic E-state index is 0.00902. The first-order valence-electron chi connectivity index (χ1n) is 8.85. The van der Waals surface area contributed by atoms with Gasteiger partial charge >= 0.3 is 5.97 Å². The van der Waals surface area contributed by atoms with Crippen molar-refractivity contribution in [2.75, 3.05) is 13.1 Å². The van der Waals surface area contributed by atoms with Crippen LogP contribution in [0.5, 0.6) is 5.75 Å². The molecule has 2 aromatic rings. The maximum Gasteiger partial charge on any atom is 0.307 e. The number of aliphatic hydroxyl groups is 1. The summed E-state index contributed by atoms with van der Waals surface area (Å²) in [4.78, 5) is 12.9. The van der Waals surface area contributed by atoms with Gasteiger partial charge in [0.25, 0.3) is 0 Å². The van der Waals surface area contributed by atoms with E-state index in [2.05, 4.69) is 23.1 Å². The van der Waals surface area contributed by atoms with Crippen molar-refractivity contribution in [2.24, 2.45) is 0 Å². The van der Waals surface area contributed by atoms with Crippen LogP contribution < -0.4 is 4.74 Å². The molecule has 1 aliphatic heterocycles. The molecule has 1 fully saturated rings. The number of nitrogens with zero attached hydrogens (tertiary/aromatic N) is 3. The zero-order chi connectivity index (χ0) is 18.7. The number of β-amino-alcohol motifs (C(OH)–C–C–N with tert-alkyl or cyclic N) is 1. The fourth-order valence-corrected chi connectivity index (χ4v) is 3.23. The Balaban J connectivity index is 1.58. The summed E-state index contributed by atoms with van der Waals surface area (Å²) in [5.41, 5.74) is 2.90. The molecular formula is C19H25N3O4. The lowest BCUT2D eigenvalue weighted by molar-refractivity contribution is -0.136. The molecule has 0 spiro atoms. The van der Waals surface area contributed by atoms with E-state index in [1.165, 1.54) is 0 Å². The lowest BCUT2D eigenvalue weighted by atomic mass is 10.1. The Bertz CT molecular complexity index is 757. The Morgan fingerprint density at radius 1 is 1.31 bits per heavy atom. The summed E-state index contributed by atoms with van der Waals surface area (Å²) >= 11 is 0. The molecule has 1 aliphatic rings. The first-order chi connectivity index (χ1) is 12.4. The Hall–Kier alpha value is -2.38. The van der Waals surface area contributed by atoms with Crippen LogP contribution in [-0.4, -0.2) is 56.2 Å². The second-order valence-electron chi connectivity index (χ2n) is 6.73. The number of aliphatic carboxylic acids is 1. The zero-order valence-electron chi connectivity index (χ0n) is 15.1. The van der Waals surface area contributed by atoms with E-state index in [9.17, 15) is 9.90 Å². The van der Waals surface area contributed by atoms with Crippen molar-refractivity contribution in [1.82, 2.24) is 14.7 Å². The van der Waals surface area contributed by atoms with Gasteiger partial charge in [-0.25, -0.2) is 0 Å². The third kappa shape index (κ3) is 4.42. The molecule has 2 heterocycles. The van der Waals surface area contributed by atoms with Crippen LogP contribution in [0.1, 0.15) is 23.7 Å². The van der Waals surface area contributed by atoms with Crippen LogP contribution >= 0.6 is 0 Å². The molecule has 7 nitrogen and oxygen atoms in total. The van der Waals surface area contributed by atoms with Crippen molar-refractivity contribution in [1.29, 1.82) is 0 Å². The monoisotopic (exact) mass is 359 g/mol. The van der Waals surface area contributed by atoms with Crippen LogP contribution in [0.25, 0.3) is 0 Å². The molecule has 2 N–H and O–H groups in total. The van der Waals surface area contributed by atoms with Crippen LogP contribution in [0, 0.1) is 6.92 Å². The van der Waals surface area contributed by atoms with E-state index in [-0.39, 0.29) is 12.5 Å². The van der Waals surface area contributed by atoms with Crippen LogP contribution in [-0.2, 0) is 24.3 Å². The highest BCUT2D eigenvalue weighted by molar-refractivity contribution is 5.70. The number of aliphatic hydroxyl groups excluding tert-OH is 1. The smallest absolute Gasteiger partial charge is 0.307 e. The van der Waals surface area contributed by atoms with Gasteiger partial charge < -0.3 is 14.9 Å². The molecule has 0 aliphatic carbocycles. The number of likely N-dealkylation sites (tertiary alicyclic amines) is 1. The summed E-state index contributed by atoms with van der Waals surface area (Å²) in [6.45, 7) is 6.82. The van der Waals surface area contributed by atoms with Gasteiger partial charge in [-0.3, -0.25) is 14.4 Å². The number of aryl methyl sites for hydroxylation is 2. The van der Waals surface area contributed by atoms with Gasteiger partial charge in [0.05, 0.1) is 12.1 Å². The van der Waals surface area contributed by atoms with Gasteiger partial charge in [-0.1, -0.05) is 12.1 Å². The van der Waals surface area contributed by atoms with Crippen LogP contribution in [0.15, 0.2) is 30.5 Å². The van der Waals surface area contributed by atoms with Crippen molar-refractivity contribution >= 4 is 5.97 Å². The molecule has 3 rings (SSSR count). The SMILES string of the molecule is CCn1cc(CN2C[C@@H](O)[C@H](Oc3ccc(CC(=O)O)cc3)C2)c(C)n1. The van der Waals surface area contributed by atoms with Crippen molar-refractivity contribution < 1.29 is 19.7 Å². The summed E-state index contributed by atoms with van der Waals surface area (Å²) in [6, 6.07) is 6.99. The van der Waals surface area contributed by atoms with E-state index in [1.54, 1.807) is 24.3 Å². The van der Waals surface area contributed by atoms with E-state index in [4.69, 9.17) is 9.84 Å². The highest BCUT2D eigenvalue weighted by Crippen LogP contribution is 2.22. The molecule has 0 bridgehead atoms. The fourth-order valence-electron chi connectivity index (χ4n) is 3.23. The predicted octanol–water partition coefficient (Wildman–Crippen LogP) is 1.46. The average molecular weight is 359 g/mol. The van der Waals surface area contributed by atoms with Crippen LogP contribution in [0.3, 0.4) is 0 Å². The van der Waals surface area contributed by atoms with Gasteiger partial charge in [0.15, 0.2) is 0 Å². The van der Waals surface area contributed by atoms with Gasteiger partial charge in [0.1, 0.15) is 18.0 Å². The van der Waals surface area contributed by atoms with Gasteiger partial charge in [0.2, 0.25) is 0 Å². The van der Waals surface area contributed by atoms with E-state index < -0.39 is 12.1 Å². The Morgan fingerprint density at radius 3 is 2.65 bits per heavy atom. The molecule has 2 atom stereocenters. The van der Waals surface area contributed by atoms with Gasteiger partial charge in [-0.15, -0.1) is 0 Å². The number of hydrogen-bond acceptors (Lipinski definition) is 5. The minimum Gasteiger partial charge on any atom is -0.486 e. The molecule has 26 heavy (non-hydrogen) atoms. The lowest BCUT2D eigenvalue weighted by Gasteiger charge is -2.17. The molecule has 0 amide bonds. The largest absolute Gasteiger partial charge is 0.486 e. The number of carbonyl (C=O) groups is 1. The maximum absolute atomic E-state index is 10.7. The Labute approximate surface area is 152 Å². The summed E-state index contributed by atoms with van der Waals surface area (Å²) in [5, 5.41) is 23.6. The first kappa shape index (κ1) is 18.4. The molecule has 0 radical (unpaired) electrons. The van der Waals surface area contributed by atoms with Crippen molar-refractivity contribution in [2.45, 2.75) is 45.6 Å². The van der Waals surface area contributed by atoms with E-state index >= 15 is 0 Å². The van der Waals surface area contributed by atoms with E-state index in [1.807, 2.05) is 11.6 Å². The van der Waals surface area contributed by atoms with Gasteiger partial charge in [-0.05, 0) is 31.5 Å². The third-order valence-corrected chi connectivity index (χ3v) is 4.64. The number of benzene rings is 1. The lowest BCUT2D eigenvalue weighted by Crippen LogP contribution is -2.29. The Kier molecular flexibility index (Phi) is 5.58. The van der Waals surface area contributed by atoms with Crippen molar-refractivity contribution in [3.8, 4) is 5.75 Å². The topological polar surface area (TPSA) is 87.8 Å². The number of carboxylic acids is 1. The van der Waals surface area contributed by atoms with E-state index in [0.29, 0.717) is 18.8 Å². The number of ether oxygens (including phenoxy) is 1. The number of aromatic nitrogens is 2. The minimum atomic E-state index is -0.859.